The molecule has 0 aromatic carbocycles. The highest BCUT2D eigenvalue weighted by Gasteiger charge is 2.49. The first-order valence-electron chi connectivity index (χ1n) is 9.44. The van der Waals surface area contributed by atoms with Crippen molar-refractivity contribution in [1.29, 1.82) is 0 Å². The maximum atomic E-state index is 12.4. The lowest BCUT2D eigenvalue weighted by Crippen LogP contribution is -2.42. The molecule has 1 atom stereocenters. The van der Waals surface area contributed by atoms with Crippen molar-refractivity contribution in [3.63, 3.8) is 0 Å². The van der Waals surface area contributed by atoms with E-state index in [1.54, 1.807) is 12.4 Å². The van der Waals surface area contributed by atoms with E-state index in [0.717, 1.165) is 70.6 Å². The average Bonchev–Trinajstić information content (AvgIpc) is 2.93. The third-order valence-electron chi connectivity index (χ3n) is 5.83. The van der Waals surface area contributed by atoms with E-state index in [4.69, 9.17) is 9.47 Å². The third-order valence-corrected chi connectivity index (χ3v) is 5.83. The second kappa shape index (κ2) is 7.30. The van der Waals surface area contributed by atoms with Gasteiger partial charge in [0.05, 0.1) is 5.41 Å². The van der Waals surface area contributed by atoms with Crippen LogP contribution in [0.1, 0.15) is 32.1 Å². The maximum absolute atomic E-state index is 12.4. The van der Waals surface area contributed by atoms with Crippen molar-refractivity contribution in [3.05, 3.63) is 24.5 Å². The molecule has 3 aliphatic rings. The molecule has 4 heterocycles. The summed E-state index contributed by atoms with van der Waals surface area (Å²) in [5.41, 5.74) is -0.210. The highest BCUT2D eigenvalue weighted by molar-refractivity contribution is 5.79. The lowest BCUT2D eigenvalue weighted by Gasteiger charge is -2.33. The summed E-state index contributed by atoms with van der Waals surface area (Å²) in [6.45, 7) is 4.72. The number of aromatic nitrogens is 1. The number of cyclic esters (lactones) is 1. The fraction of sp³-hybridized carbons (Fsp3) is 0.684. The molecule has 25 heavy (non-hydrogen) atoms. The minimum absolute atomic E-state index is 0.0370. The van der Waals surface area contributed by atoms with Gasteiger partial charge in [0.25, 0.3) is 0 Å². The van der Waals surface area contributed by atoms with Gasteiger partial charge in [-0.15, -0.1) is 0 Å². The first-order chi connectivity index (χ1) is 12.2. The van der Waals surface area contributed by atoms with Crippen LogP contribution >= 0.6 is 0 Å². The molecule has 0 radical (unpaired) electrons. The summed E-state index contributed by atoms with van der Waals surface area (Å²) in [5, 5.41) is 3.34. The highest BCUT2D eigenvalue weighted by Crippen LogP contribution is 2.41. The highest BCUT2D eigenvalue weighted by atomic mass is 16.6. The van der Waals surface area contributed by atoms with Gasteiger partial charge in [0.1, 0.15) is 18.0 Å². The summed E-state index contributed by atoms with van der Waals surface area (Å²) in [5.74, 6) is 0.931. The molecule has 3 fully saturated rings. The smallest absolute Gasteiger partial charge is 0.312 e. The van der Waals surface area contributed by atoms with Crippen LogP contribution in [0.3, 0.4) is 0 Å². The molecule has 3 saturated heterocycles. The molecule has 0 aliphatic carbocycles. The Labute approximate surface area is 148 Å². The molecule has 1 aromatic rings. The Morgan fingerprint density at radius 3 is 2.68 bits per heavy atom. The van der Waals surface area contributed by atoms with Gasteiger partial charge in [-0.05, 0) is 50.9 Å². The van der Waals surface area contributed by atoms with Gasteiger partial charge in [0, 0.05) is 38.4 Å². The standard InChI is InChI=1S/C19H27N3O3/c23-18-19(5-9-21-10-6-19)13-17(25-18)14-22-11-3-16(4-12-22)24-15-1-7-20-8-2-15/h1-2,7-8,16-17,21H,3-6,9-14H2. The van der Waals surface area contributed by atoms with Gasteiger partial charge in [0.2, 0.25) is 0 Å². The van der Waals surface area contributed by atoms with Crippen LogP contribution in [0.2, 0.25) is 0 Å². The number of likely N-dealkylation sites (tertiary alicyclic amines) is 1. The van der Waals surface area contributed by atoms with Gasteiger partial charge < -0.3 is 14.8 Å². The maximum Gasteiger partial charge on any atom is 0.312 e. The lowest BCUT2D eigenvalue weighted by molar-refractivity contribution is -0.150. The van der Waals surface area contributed by atoms with Crippen molar-refractivity contribution < 1.29 is 14.3 Å². The summed E-state index contributed by atoms with van der Waals surface area (Å²) in [6, 6.07) is 3.81. The number of hydrogen-bond acceptors (Lipinski definition) is 6. The van der Waals surface area contributed by atoms with Crippen LogP contribution in [-0.2, 0) is 9.53 Å². The molecule has 6 nitrogen and oxygen atoms in total. The lowest BCUT2D eigenvalue weighted by atomic mass is 9.76. The molecule has 0 saturated carbocycles. The van der Waals surface area contributed by atoms with Crippen molar-refractivity contribution >= 4 is 5.97 Å². The van der Waals surface area contributed by atoms with Gasteiger partial charge in [-0.25, -0.2) is 0 Å². The number of nitrogens with zero attached hydrogens (tertiary/aromatic N) is 2. The van der Waals surface area contributed by atoms with Crippen molar-refractivity contribution in [1.82, 2.24) is 15.2 Å². The number of rotatable bonds is 4. The van der Waals surface area contributed by atoms with E-state index in [-0.39, 0.29) is 23.6 Å². The van der Waals surface area contributed by atoms with E-state index >= 15 is 0 Å². The average molecular weight is 345 g/mol. The molecular weight excluding hydrogens is 318 g/mol. The number of nitrogens with one attached hydrogen (secondary N) is 1. The Bertz CT molecular complexity index is 581. The summed E-state index contributed by atoms with van der Waals surface area (Å²) < 4.78 is 11.8. The van der Waals surface area contributed by atoms with E-state index in [2.05, 4.69) is 15.2 Å². The molecule has 1 N–H and O–H groups in total. The number of carbonyl (C=O) groups is 1. The largest absolute Gasteiger partial charge is 0.490 e. The number of carbonyl (C=O) groups excluding carboxylic acids is 1. The van der Waals surface area contributed by atoms with E-state index in [1.807, 2.05) is 12.1 Å². The van der Waals surface area contributed by atoms with Gasteiger partial charge in [-0.1, -0.05) is 0 Å². The minimum Gasteiger partial charge on any atom is -0.490 e. The van der Waals surface area contributed by atoms with Crippen LogP contribution in [-0.4, -0.2) is 60.8 Å². The van der Waals surface area contributed by atoms with E-state index < -0.39 is 0 Å². The Balaban J connectivity index is 1.24. The molecule has 1 aromatic heterocycles. The van der Waals surface area contributed by atoms with Crippen LogP contribution in [0, 0.1) is 5.41 Å². The molecule has 0 bridgehead atoms. The van der Waals surface area contributed by atoms with Gasteiger partial charge in [-0.2, -0.15) is 0 Å². The van der Waals surface area contributed by atoms with Crippen LogP contribution in [0.5, 0.6) is 5.75 Å². The Kier molecular flexibility index (Phi) is 4.90. The number of ether oxygens (including phenoxy) is 2. The van der Waals surface area contributed by atoms with Crippen molar-refractivity contribution in [2.24, 2.45) is 5.41 Å². The molecule has 4 rings (SSSR count). The summed E-state index contributed by atoms with van der Waals surface area (Å²) in [7, 11) is 0. The number of esters is 1. The Morgan fingerprint density at radius 1 is 1.24 bits per heavy atom. The van der Waals surface area contributed by atoms with Gasteiger partial charge >= 0.3 is 5.97 Å². The van der Waals surface area contributed by atoms with Gasteiger partial charge in [0.15, 0.2) is 0 Å². The zero-order valence-electron chi connectivity index (χ0n) is 14.7. The van der Waals surface area contributed by atoms with Crippen LogP contribution in [0.4, 0.5) is 0 Å². The fourth-order valence-electron chi connectivity index (χ4n) is 4.36. The molecule has 3 aliphatic heterocycles. The zero-order chi connectivity index (χ0) is 17.1. The molecule has 0 amide bonds. The zero-order valence-corrected chi connectivity index (χ0v) is 14.7. The second-order valence-corrected chi connectivity index (χ2v) is 7.56. The monoisotopic (exact) mass is 345 g/mol. The van der Waals surface area contributed by atoms with E-state index in [0.29, 0.717) is 0 Å². The number of piperidine rings is 2. The van der Waals surface area contributed by atoms with Crippen molar-refractivity contribution in [2.45, 2.75) is 44.3 Å². The van der Waals surface area contributed by atoms with Crippen LogP contribution in [0.15, 0.2) is 24.5 Å². The normalized spacial score (nSPS) is 27.4. The van der Waals surface area contributed by atoms with Crippen LogP contribution < -0.4 is 10.1 Å². The predicted molar refractivity (Wildman–Crippen MR) is 93.4 cm³/mol. The van der Waals surface area contributed by atoms with Gasteiger partial charge in [-0.3, -0.25) is 14.7 Å². The number of hydrogen-bond donors (Lipinski definition) is 1. The third kappa shape index (κ3) is 3.80. The van der Waals surface area contributed by atoms with Crippen LogP contribution in [0.25, 0.3) is 0 Å². The van der Waals surface area contributed by atoms with Crippen molar-refractivity contribution in [2.75, 3.05) is 32.7 Å². The summed E-state index contributed by atoms with van der Waals surface area (Å²) in [4.78, 5) is 18.8. The summed E-state index contributed by atoms with van der Waals surface area (Å²) in [6.07, 6.45) is 8.60. The molecule has 6 heteroatoms. The second-order valence-electron chi connectivity index (χ2n) is 7.56. The van der Waals surface area contributed by atoms with E-state index in [1.165, 1.54) is 0 Å². The first-order valence-corrected chi connectivity index (χ1v) is 9.44. The first kappa shape index (κ1) is 16.8. The molecule has 1 unspecified atom stereocenters. The molecule has 136 valence electrons. The Morgan fingerprint density at radius 2 is 1.96 bits per heavy atom. The molecule has 1 spiro atoms. The summed E-state index contributed by atoms with van der Waals surface area (Å²) >= 11 is 0. The topological polar surface area (TPSA) is 63.7 Å². The fourth-order valence-corrected chi connectivity index (χ4v) is 4.36. The molecular formula is C19H27N3O3. The van der Waals surface area contributed by atoms with E-state index in [9.17, 15) is 4.79 Å². The van der Waals surface area contributed by atoms with Crippen molar-refractivity contribution in [3.8, 4) is 5.75 Å². The SMILES string of the molecule is O=C1OC(CN2CCC(Oc3ccncc3)CC2)CC12CCNCC2. The predicted octanol–water partition coefficient (Wildman–Crippen LogP) is 1.61. The number of pyridine rings is 1. The quantitative estimate of drug-likeness (QED) is 0.837. The Hall–Kier alpha value is -1.66. The minimum atomic E-state index is -0.210.